The molecule has 0 aromatic heterocycles. The van der Waals surface area contributed by atoms with Gasteiger partial charge in [-0.1, -0.05) is 27.7 Å². The van der Waals surface area contributed by atoms with Gasteiger partial charge in [-0.15, -0.1) is 0 Å². The van der Waals surface area contributed by atoms with Gasteiger partial charge in [0, 0.05) is 31.7 Å². The van der Waals surface area contributed by atoms with Crippen molar-refractivity contribution in [1.82, 2.24) is 10.2 Å². The third-order valence-electron chi connectivity index (χ3n) is 4.79. The normalized spacial score (nSPS) is 33.0. The Morgan fingerprint density at radius 3 is 2.47 bits per heavy atom. The molecule has 2 aliphatic rings. The lowest BCUT2D eigenvalue weighted by Gasteiger charge is -2.42. The summed E-state index contributed by atoms with van der Waals surface area (Å²) < 4.78 is 0. The van der Waals surface area contributed by atoms with Crippen molar-refractivity contribution in [3.63, 3.8) is 0 Å². The number of nitrogens with one attached hydrogen (secondary N) is 1. The first-order valence-electron chi connectivity index (χ1n) is 7.59. The van der Waals surface area contributed by atoms with Gasteiger partial charge in [-0.05, 0) is 37.0 Å². The van der Waals surface area contributed by atoms with Crippen LogP contribution in [0.15, 0.2) is 0 Å². The third-order valence-corrected chi connectivity index (χ3v) is 4.79. The average molecular weight is 238 g/mol. The molecule has 3 unspecified atom stereocenters. The number of hydrogen-bond donors (Lipinski definition) is 1. The van der Waals surface area contributed by atoms with Gasteiger partial charge in [0.2, 0.25) is 0 Å². The van der Waals surface area contributed by atoms with Crippen molar-refractivity contribution in [3.8, 4) is 0 Å². The highest BCUT2D eigenvalue weighted by Crippen LogP contribution is 2.37. The second-order valence-corrected chi connectivity index (χ2v) is 6.59. The zero-order chi connectivity index (χ0) is 12.4. The Morgan fingerprint density at radius 1 is 1.24 bits per heavy atom. The second kappa shape index (κ2) is 5.71. The summed E-state index contributed by atoms with van der Waals surface area (Å²) in [5, 5.41) is 3.73. The van der Waals surface area contributed by atoms with Gasteiger partial charge >= 0.3 is 0 Å². The molecule has 0 aromatic carbocycles. The van der Waals surface area contributed by atoms with E-state index in [1.54, 1.807) is 0 Å². The fourth-order valence-electron chi connectivity index (χ4n) is 3.14. The van der Waals surface area contributed by atoms with Crippen LogP contribution in [0.2, 0.25) is 0 Å². The first-order valence-corrected chi connectivity index (χ1v) is 7.59. The van der Waals surface area contributed by atoms with Gasteiger partial charge in [-0.3, -0.25) is 4.90 Å². The number of rotatable bonds is 5. The highest BCUT2D eigenvalue weighted by Gasteiger charge is 2.33. The summed E-state index contributed by atoms with van der Waals surface area (Å²) in [7, 11) is 0. The van der Waals surface area contributed by atoms with Crippen LogP contribution in [-0.2, 0) is 0 Å². The Hall–Kier alpha value is -0.0800. The molecule has 1 aliphatic carbocycles. The fraction of sp³-hybridized carbons (Fsp3) is 1.00. The minimum absolute atomic E-state index is 0.698. The molecule has 0 radical (unpaired) electrons. The van der Waals surface area contributed by atoms with E-state index in [1.807, 2.05) is 0 Å². The van der Waals surface area contributed by atoms with E-state index in [1.165, 1.54) is 38.9 Å². The molecule has 2 fully saturated rings. The van der Waals surface area contributed by atoms with Crippen molar-refractivity contribution in [2.75, 3.05) is 19.6 Å². The molecular weight excluding hydrogens is 208 g/mol. The van der Waals surface area contributed by atoms with Crippen LogP contribution < -0.4 is 5.32 Å². The molecule has 1 aliphatic heterocycles. The summed E-state index contributed by atoms with van der Waals surface area (Å²) in [6.07, 6.45) is 4.25. The topological polar surface area (TPSA) is 15.3 Å². The van der Waals surface area contributed by atoms with E-state index in [4.69, 9.17) is 0 Å². The summed E-state index contributed by atoms with van der Waals surface area (Å²) in [6.45, 7) is 13.2. The summed E-state index contributed by atoms with van der Waals surface area (Å²) in [4.78, 5) is 2.77. The molecule has 2 nitrogen and oxygen atoms in total. The van der Waals surface area contributed by atoms with Crippen LogP contribution in [0.1, 0.15) is 47.0 Å². The lowest BCUT2D eigenvalue weighted by molar-refractivity contribution is 0.0918. The Labute approximate surface area is 107 Å². The summed E-state index contributed by atoms with van der Waals surface area (Å²) in [5.41, 5.74) is 0. The van der Waals surface area contributed by atoms with Gasteiger partial charge in [0.15, 0.2) is 0 Å². The number of piperazine rings is 1. The molecule has 1 heterocycles. The van der Waals surface area contributed by atoms with Gasteiger partial charge in [-0.25, -0.2) is 0 Å². The second-order valence-electron chi connectivity index (χ2n) is 6.59. The van der Waals surface area contributed by atoms with Crippen molar-refractivity contribution in [1.29, 1.82) is 0 Å². The zero-order valence-electron chi connectivity index (χ0n) is 12.1. The molecule has 1 saturated carbocycles. The monoisotopic (exact) mass is 238 g/mol. The fourth-order valence-corrected chi connectivity index (χ4v) is 3.14. The standard InChI is InChI=1S/C15H30N2/c1-5-14-8-16-15(11(2)3)10-17(14)9-12(4)13-6-7-13/h11-16H,5-10H2,1-4H3. The molecule has 0 spiro atoms. The molecule has 17 heavy (non-hydrogen) atoms. The Kier molecular flexibility index (Phi) is 4.48. The average Bonchev–Trinajstić information content (AvgIpc) is 3.12. The van der Waals surface area contributed by atoms with E-state index in [2.05, 4.69) is 37.9 Å². The molecule has 100 valence electrons. The van der Waals surface area contributed by atoms with Gasteiger partial charge < -0.3 is 5.32 Å². The minimum Gasteiger partial charge on any atom is -0.311 e. The zero-order valence-corrected chi connectivity index (χ0v) is 12.1. The smallest absolute Gasteiger partial charge is 0.0218 e. The quantitative estimate of drug-likeness (QED) is 0.792. The molecule has 2 rings (SSSR count). The van der Waals surface area contributed by atoms with Crippen LogP contribution in [0, 0.1) is 17.8 Å². The van der Waals surface area contributed by atoms with Gasteiger partial charge in [0.25, 0.3) is 0 Å². The summed E-state index contributed by atoms with van der Waals surface area (Å²) in [6, 6.07) is 1.47. The molecule has 0 bridgehead atoms. The van der Waals surface area contributed by atoms with Crippen LogP contribution in [-0.4, -0.2) is 36.6 Å². The van der Waals surface area contributed by atoms with Crippen LogP contribution in [0.4, 0.5) is 0 Å². The molecule has 1 saturated heterocycles. The van der Waals surface area contributed by atoms with E-state index in [-0.39, 0.29) is 0 Å². The summed E-state index contributed by atoms with van der Waals surface area (Å²) in [5.74, 6) is 2.71. The molecule has 2 heteroatoms. The van der Waals surface area contributed by atoms with Gasteiger partial charge in [0.1, 0.15) is 0 Å². The lowest BCUT2D eigenvalue weighted by atomic mass is 9.96. The number of nitrogens with zero attached hydrogens (tertiary/aromatic N) is 1. The molecule has 3 atom stereocenters. The van der Waals surface area contributed by atoms with Gasteiger partial charge in [0.05, 0.1) is 0 Å². The Bertz CT molecular complexity index is 233. The van der Waals surface area contributed by atoms with E-state index in [0.29, 0.717) is 6.04 Å². The van der Waals surface area contributed by atoms with Crippen LogP contribution in [0.5, 0.6) is 0 Å². The molecular formula is C15H30N2. The maximum absolute atomic E-state index is 3.73. The van der Waals surface area contributed by atoms with Crippen LogP contribution in [0.3, 0.4) is 0 Å². The minimum atomic E-state index is 0.698. The lowest BCUT2D eigenvalue weighted by Crippen LogP contribution is -2.58. The largest absolute Gasteiger partial charge is 0.311 e. The SMILES string of the molecule is CCC1CNC(C(C)C)CN1CC(C)C1CC1. The van der Waals surface area contributed by atoms with Crippen molar-refractivity contribution in [3.05, 3.63) is 0 Å². The van der Waals surface area contributed by atoms with E-state index in [9.17, 15) is 0 Å². The predicted octanol–water partition coefficient (Wildman–Crippen LogP) is 2.74. The van der Waals surface area contributed by atoms with Crippen LogP contribution in [0.25, 0.3) is 0 Å². The Balaban J connectivity index is 1.89. The van der Waals surface area contributed by atoms with Crippen LogP contribution >= 0.6 is 0 Å². The highest BCUT2D eigenvalue weighted by atomic mass is 15.2. The molecule has 1 N–H and O–H groups in total. The van der Waals surface area contributed by atoms with E-state index >= 15 is 0 Å². The van der Waals surface area contributed by atoms with E-state index in [0.717, 1.165) is 23.8 Å². The Morgan fingerprint density at radius 2 is 1.94 bits per heavy atom. The molecule has 0 amide bonds. The summed E-state index contributed by atoms with van der Waals surface area (Å²) >= 11 is 0. The number of hydrogen-bond acceptors (Lipinski definition) is 2. The van der Waals surface area contributed by atoms with E-state index < -0.39 is 0 Å². The maximum Gasteiger partial charge on any atom is 0.0218 e. The predicted molar refractivity (Wildman–Crippen MR) is 74.2 cm³/mol. The van der Waals surface area contributed by atoms with Crippen molar-refractivity contribution >= 4 is 0 Å². The van der Waals surface area contributed by atoms with Crippen molar-refractivity contribution < 1.29 is 0 Å². The first-order chi connectivity index (χ1) is 8.11. The van der Waals surface area contributed by atoms with Crippen molar-refractivity contribution in [2.45, 2.75) is 59.0 Å². The van der Waals surface area contributed by atoms with Crippen molar-refractivity contribution in [2.24, 2.45) is 17.8 Å². The first kappa shape index (κ1) is 13.4. The van der Waals surface area contributed by atoms with Gasteiger partial charge in [-0.2, -0.15) is 0 Å². The molecule has 0 aromatic rings. The highest BCUT2D eigenvalue weighted by molar-refractivity contribution is 4.89. The maximum atomic E-state index is 3.73. The third kappa shape index (κ3) is 3.45.